The van der Waals surface area contributed by atoms with Crippen LogP contribution >= 0.6 is 0 Å². The molecule has 0 heteroatoms. The lowest BCUT2D eigenvalue weighted by Gasteiger charge is -2.16. The van der Waals surface area contributed by atoms with Crippen molar-refractivity contribution in [3.63, 3.8) is 0 Å². The molecule has 0 spiro atoms. The van der Waals surface area contributed by atoms with E-state index in [0.29, 0.717) is 11.8 Å². The number of hydrogen-bond donors (Lipinski definition) is 0. The first-order valence-corrected chi connectivity index (χ1v) is 6.34. The summed E-state index contributed by atoms with van der Waals surface area (Å²) in [7, 11) is 0. The summed E-state index contributed by atoms with van der Waals surface area (Å²) in [6.45, 7) is 11.5. The highest BCUT2D eigenvalue weighted by molar-refractivity contribution is 5.79. The predicted octanol–water partition coefficient (Wildman–Crippen LogP) is 4.62. The number of benzene rings is 1. The summed E-state index contributed by atoms with van der Waals surface area (Å²) < 4.78 is 0. The fraction of sp³-hybridized carbons (Fsp3) is 0.500. The Labute approximate surface area is 99.4 Å². The van der Waals surface area contributed by atoms with E-state index in [0.717, 1.165) is 0 Å². The average Bonchev–Trinajstić information content (AvgIpc) is 2.58. The highest BCUT2D eigenvalue weighted by atomic mass is 14.3. The van der Waals surface area contributed by atoms with Crippen LogP contribution in [-0.2, 0) is 6.42 Å². The number of allylic oxidation sites excluding steroid dienone is 2. The second kappa shape index (κ2) is 4.08. The number of hydrogen-bond acceptors (Lipinski definition) is 0. The van der Waals surface area contributed by atoms with Crippen molar-refractivity contribution in [1.29, 1.82) is 0 Å². The van der Waals surface area contributed by atoms with Crippen LogP contribution in [0.1, 0.15) is 44.4 Å². The van der Waals surface area contributed by atoms with Gasteiger partial charge in [-0.3, -0.25) is 0 Å². The maximum Gasteiger partial charge on any atom is -0.00522 e. The molecular formula is C16H22. The molecule has 0 radical (unpaired) electrons. The molecule has 0 nitrogen and oxygen atoms in total. The predicted molar refractivity (Wildman–Crippen MR) is 71.5 cm³/mol. The van der Waals surface area contributed by atoms with Gasteiger partial charge < -0.3 is 0 Å². The van der Waals surface area contributed by atoms with Crippen LogP contribution in [0.5, 0.6) is 0 Å². The Balaban J connectivity index is 2.61. The lowest BCUT2D eigenvalue weighted by Crippen LogP contribution is -2.00. The summed E-state index contributed by atoms with van der Waals surface area (Å²) in [6.07, 6.45) is 1.17. The van der Waals surface area contributed by atoms with E-state index in [-0.39, 0.29) is 0 Å². The first kappa shape index (κ1) is 11.4. The van der Waals surface area contributed by atoms with E-state index in [1.54, 1.807) is 16.7 Å². The summed E-state index contributed by atoms with van der Waals surface area (Å²) in [6, 6.07) is 6.72. The van der Waals surface area contributed by atoms with Gasteiger partial charge in [0.15, 0.2) is 0 Å². The quantitative estimate of drug-likeness (QED) is 0.674. The van der Waals surface area contributed by atoms with Crippen LogP contribution in [0.4, 0.5) is 0 Å². The van der Waals surface area contributed by atoms with Crippen LogP contribution in [0, 0.1) is 18.8 Å². The van der Waals surface area contributed by atoms with Crippen molar-refractivity contribution in [1.82, 2.24) is 0 Å². The number of rotatable bonds is 2. The molecule has 86 valence electrons. The Morgan fingerprint density at radius 2 is 1.69 bits per heavy atom. The molecule has 0 bridgehead atoms. The van der Waals surface area contributed by atoms with Gasteiger partial charge in [0.1, 0.15) is 0 Å². The van der Waals surface area contributed by atoms with Crippen LogP contribution in [0.2, 0.25) is 0 Å². The van der Waals surface area contributed by atoms with Gasteiger partial charge in [0.25, 0.3) is 0 Å². The zero-order valence-corrected chi connectivity index (χ0v) is 11.1. The molecule has 1 aliphatic carbocycles. The molecule has 2 rings (SSSR count). The molecule has 0 heterocycles. The van der Waals surface area contributed by atoms with Crippen molar-refractivity contribution < 1.29 is 0 Å². The molecule has 0 aliphatic heterocycles. The van der Waals surface area contributed by atoms with Crippen LogP contribution in [0.15, 0.2) is 23.8 Å². The largest absolute Gasteiger partial charge is 0.0617 e. The zero-order valence-electron chi connectivity index (χ0n) is 11.1. The minimum atomic E-state index is 0.639. The molecule has 16 heavy (non-hydrogen) atoms. The highest BCUT2D eigenvalue weighted by Gasteiger charge is 2.25. The molecule has 0 N–H and O–H groups in total. The van der Waals surface area contributed by atoms with E-state index in [1.807, 2.05) is 0 Å². The number of fused-ring (bicyclic) bond motifs is 1. The lowest BCUT2D eigenvalue weighted by atomic mass is 9.89. The van der Waals surface area contributed by atoms with Crippen molar-refractivity contribution in [3.8, 4) is 0 Å². The van der Waals surface area contributed by atoms with Gasteiger partial charge in [-0.05, 0) is 47.4 Å². The van der Waals surface area contributed by atoms with Gasteiger partial charge in [-0.2, -0.15) is 0 Å². The van der Waals surface area contributed by atoms with Gasteiger partial charge in [0.2, 0.25) is 0 Å². The molecular weight excluding hydrogens is 192 g/mol. The molecule has 0 amide bonds. The van der Waals surface area contributed by atoms with Gasteiger partial charge in [-0.15, -0.1) is 0 Å². The third kappa shape index (κ3) is 1.71. The van der Waals surface area contributed by atoms with E-state index in [9.17, 15) is 0 Å². The SMILES string of the molecule is Cc1cccc2c1C(C(C)C)=C(C(C)C)C2. The molecule has 1 aromatic carbocycles. The molecule has 0 unspecified atom stereocenters. The second-order valence-electron chi connectivity index (χ2n) is 5.53. The summed E-state index contributed by atoms with van der Waals surface area (Å²) in [5.41, 5.74) is 7.79. The summed E-state index contributed by atoms with van der Waals surface area (Å²) >= 11 is 0. The maximum absolute atomic E-state index is 2.32. The Morgan fingerprint density at radius 1 is 1.00 bits per heavy atom. The topological polar surface area (TPSA) is 0 Å². The fourth-order valence-corrected chi connectivity index (χ4v) is 2.90. The van der Waals surface area contributed by atoms with Crippen molar-refractivity contribution in [2.24, 2.45) is 11.8 Å². The van der Waals surface area contributed by atoms with Gasteiger partial charge >= 0.3 is 0 Å². The minimum Gasteiger partial charge on any atom is -0.0617 e. The van der Waals surface area contributed by atoms with Crippen LogP contribution in [0.25, 0.3) is 5.57 Å². The lowest BCUT2D eigenvalue weighted by molar-refractivity contribution is 0.734. The standard InChI is InChI=1S/C16H22/c1-10(2)14-9-13-8-6-7-12(5)16(13)15(14)11(3)4/h6-8,10-11H,9H2,1-5H3. The van der Waals surface area contributed by atoms with Gasteiger partial charge in [-0.25, -0.2) is 0 Å². The summed E-state index contributed by atoms with van der Waals surface area (Å²) in [4.78, 5) is 0. The summed E-state index contributed by atoms with van der Waals surface area (Å²) in [5, 5.41) is 0. The second-order valence-corrected chi connectivity index (χ2v) is 5.53. The van der Waals surface area contributed by atoms with Gasteiger partial charge in [0, 0.05) is 0 Å². The Hall–Kier alpha value is -1.04. The molecule has 0 aromatic heterocycles. The normalized spacial score (nSPS) is 15.2. The summed E-state index contributed by atoms with van der Waals surface area (Å²) in [5.74, 6) is 1.31. The molecule has 1 aliphatic rings. The van der Waals surface area contributed by atoms with Crippen molar-refractivity contribution in [3.05, 3.63) is 40.5 Å². The molecule has 0 saturated heterocycles. The molecule has 0 saturated carbocycles. The first-order chi connectivity index (χ1) is 7.52. The van der Waals surface area contributed by atoms with E-state index in [1.165, 1.54) is 17.5 Å². The maximum atomic E-state index is 2.32. The Bertz CT molecular complexity index is 433. The molecule has 0 atom stereocenters. The fourth-order valence-electron chi connectivity index (χ4n) is 2.90. The van der Waals surface area contributed by atoms with Crippen molar-refractivity contribution >= 4 is 5.57 Å². The Morgan fingerprint density at radius 3 is 2.25 bits per heavy atom. The minimum absolute atomic E-state index is 0.639. The van der Waals surface area contributed by atoms with Gasteiger partial charge in [-0.1, -0.05) is 51.5 Å². The Kier molecular flexibility index (Phi) is 2.92. The monoisotopic (exact) mass is 214 g/mol. The first-order valence-electron chi connectivity index (χ1n) is 6.34. The van der Waals surface area contributed by atoms with Crippen LogP contribution in [-0.4, -0.2) is 0 Å². The third-order valence-electron chi connectivity index (χ3n) is 3.63. The molecule has 0 fully saturated rings. The third-order valence-corrected chi connectivity index (χ3v) is 3.63. The van der Waals surface area contributed by atoms with E-state index in [2.05, 4.69) is 52.8 Å². The van der Waals surface area contributed by atoms with Crippen molar-refractivity contribution in [2.75, 3.05) is 0 Å². The number of aryl methyl sites for hydroxylation is 1. The smallest absolute Gasteiger partial charge is 0.00522 e. The van der Waals surface area contributed by atoms with E-state index in [4.69, 9.17) is 0 Å². The zero-order chi connectivity index (χ0) is 11.9. The highest BCUT2D eigenvalue weighted by Crippen LogP contribution is 2.41. The van der Waals surface area contributed by atoms with E-state index >= 15 is 0 Å². The average molecular weight is 214 g/mol. The van der Waals surface area contributed by atoms with Crippen molar-refractivity contribution in [2.45, 2.75) is 41.0 Å². The van der Waals surface area contributed by atoms with Crippen LogP contribution < -0.4 is 0 Å². The van der Waals surface area contributed by atoms with Gasteiger partial charge in [0.05, 0.1) is 0 Å². The van der Waals surface area contributed by atoms with Crippen LogP contribution in [0.3, 0.4) is 0 Å². The van der Waals surface area contributed by atoms with E-state index < -0.39 is 0 Å². The molecule has 1 aromatic rings.